The summed E-state index contributed by atoms with van der Waals surface area (Å²) in [5.41, 5.74) is 0. The average molecular weight is 229 g/mol. The minimum atomic E-state index is -0.481. The maximum atomic E-state index is 11.3. The molecule has 3 N–H and O–H groups in total. The van der Waals surface area contributed by atoms with Crippen LogP contribution in [0.1, 0.15) is 19.3 Å². The normalized spacial score (nSPS) is 20.8. The molecule has 1 heterocycles. The van der Waals surface area contributed by atoms with E-state index in [1.807, 2.05) is 0 Å². The largest absolute Gasteiger partial charge is 0.395 e. The van der Waals surface area contributed by atoms with Crippen molar-refractivity contribution in [2.45, 2.75) is 25.3 Å². The van der Waals surface area contributed by atoms with E-state index in [1.165, 1.54) is 7.05 Å². The van der Waals surface area contributed by atoms with Crippen LogP contribution < -0.4 is 10.6 Å². The van der Waals surface area contributed by atoms with Gasteiger partial charge in [0, 0.05) is 26.1 Å². The fourth-order valence-corrected chi connectivity index (χ4v) is 1.89. The highest BCUT2D eigenvalue weighted by atomic mass is 16.3. The predicted octanol–water partition coefficient (Wildman–Crippen LogP) is -0.711. The second kappa shape index (κ2) is 6.44. The average Bonchev–Trinajstić information content (AvgIpc) is 2.73. The highest BCUT2D eigenvalue weighted by Crippen LogP contribution is 2.16. The summed E-state index contributed by atoms with van der Waals surface area (Å²) in [5, 5.41) is 13.6. The van der Waals surface area contributed by atoms with E-state index in [2.05, 4.69) is 15.5 Å². The second-order valence-electron chi connectivity index (χ2n) is 3.89. The number of nitrogens with one attached hydrogen (secondary N) is 2. The molecule has 1 aliphatic heterocycles. The van der Waals surface area contributed by atoms with Crippen LogP contribution in [0.5, 0.6) is 0 Å². The smallest absolute Gasteiger partial charge is 0.321 e. The van der Waals surface area contributed by atoms with E-state index in [1.54, 1.807) is 0 Å². The number of hydrogen-bond acceptors (Lipinski definition) is 4. The number of imide groups is 1. The van der Waals surface area contributed by atoms with Gasteiger partial charge >= 0.3 is 6.03 Å². The zero-order valence-corrected chi connectivity index (χ0v) is 9.53. The topological polar surface area (TPSA) is 81.7 Å². The Bertz CT molecular complexity index is 258. The lowest BCUT2D eigenvalue weighted by atomic mass is 10.2. The summed E-state index contributed by atoms with van der Waals surface area (Å²) in [4.78, 5) is 24.2. The van der Waals surface area contributed by atoms with Gasteiger partial charge in [-0.05, 0) is 19.4 Å². The van der Waals surface area contributed by atoms with E-state index >= 15 is 0 Å². The highest BCUT2D eigenvalue weighted by molar-refractivity contribution is 5.94. The van der Waals surface area contributed by atoms with Gasteiger partial charge in [0.15, 0.2) is 0 Å². The zero-order valence-electron chi connectivity index (χ0n) is 9.53. The molecule has 1 atom stereocenters. The van der Waals surface area contributed by atoms with Crippen LogP contribution in [0, 0.1) is 0 Å². The third-order valence-electron chi connectivity index (χ3n) is 2.82. The number of aliphatic hydroxyl groups is 1. The Kier molecular flexibility index (Phi) is 5.21. The Morgan fingerprint density at radius 2 is 2.25 bits per heavy atom. The Labute approximate surface area is 95.0 Å². The van der Waals surface area contributed by atoms with Crippen LogP contribution in [-0.4, -0.2) is 54.7 Å². The molecule has 0 aromatic heterocycles. The molecule has 0 aromatic rings. The molecule has 0 aliphatic carbocycles. The number of carbonyl (C=O) groups is 2. The molecule has 1 fully saturated rings. The van der Waals surface area contributed by atoms with E-state index < -0.39 is 6.03 Å². The Morgan fingerprint density at radius 3 is 2.88 bits per heavy atom. The van der Waals surface area contributed by atoms with Gasteiger partial charge < -0.3 is 10.4 Å². The summed E-state index contributed by atoms with van der Waals surface area (Å²) in [7, 11) is 1.46. The van der Waals surface area contributed by atoms with E-state index in [9.17, 15) is 9.59 Å². The predicted molar refractivity (Wildman–Crippen MR) is 58.9 cm³/mol. The SMILES string of the molecule is CNC(=O)NC(=O)CCN1CCC[C@H]1CO. The third kappa shape index (κ3) is 3.79. The molecule has 6 nitrogen and oxygen atoms in total. The second-order valence-corrected chi connectivity index (χ2v) is 3.89. The molecule has 1 aliphatic rings. The van der Waals surface area contributed by atoms with E-state index in [0.717, 1.165) is 19.4 Å². The molecular formula is C10H19N3O3. The van der Waals surface area contributed by atoms with Crippen LogP contribution in [-0.2, 0) is 4.79 Å². The van der Waals surface area contributed by atoms with Gasteiger partial charge in [0.2, 0.25) is 5.91 Å². The van der Waals surface area contributed by atoms with Gasteiger partial charge in [0.25, 0.3) is 0 Å². The summed E-state index contributed by atoms with van der Waals surface area (Å²) in [6, 6.07) is -0.307. The van der Waals surface area contributed by atoms with Crippen molar-refractivity contribution >= 4 is 11.9 Å². The molecule has 0 spiro atoms. The highest BCUT2D eigenvalue weighted by Gasteiger charge is 2.23. The van der Waals surface area contributed by atoms with Gasteiger partial charge in [0.1, 0.15) is 0 Å². The minimum Gasteiger partial charge on any atom is -0.395 e. The number of hydrogen-bond donors (Lipinski definition) is 3. The molecule has 3 amide bonds. The number of amides is 3. The van der Waals surface area contributed by atoms with Gasteiger partial charge in [-0.3, -0.25) is 15.0 Å². The standard InChI is InChI=1S/C10H19N3O3/c1-11-10(16)12-9(15)4-6-13-5-2-3-8(13)7-14/h8,14H,2-7H2,1H3,(H2,11,12,15,16)/t8-/m0/s1. The van der Waals surface area contributed by atoms with Crippen LogP contribution in [0.4, 0.5) is 4.79 Å². The van der Waals surface area contributed by atoms with E-state index in [4.69, 9.17) is 5.11 Å². The van der Waals surface area contributed by atoms with Gasteiger partial charge in [-0.1, -0.05) is 0 Å². The Hall–Kier alpha value is -1.14. The molecular weight excluding hydrogens is 210 g/mol. The summed E-state index contributed by atoms with van der Waals surface area (Å²) in [5.74, 6) is -0.289. The number of aliphatic hydroxyl groups excluding tert-OH is 1. The van der Waals surface area contributed by atoms with Crippen molar-refractivity contribution in [2.24, 2.45) is 0 Å². The molecule has 0 radical (unpaired) electrons. The van der Waals surface area contributed by atoms with Crippen molar-refractivity contribution in [3.8, 4) is 0 Å². The molecule has 16 heavy (non-hydrogen) atoms. The molecule has 0 saturated carbocycles. The van der Waals surface area contributed by atoms with Crippen molar-refractivity contribution in [1.29, 1.82) is 0 Å². The summed E-state index contributed by atoms with van der Waals surface area (Å²) < 4.78 is 0. The monoisotopic (exact) mass is 229 g/mol. The van der Waals surface area contributed by atoms with Crippen LogP contribution in [0.25, 0.3) is 0 Å². The fraction of sp³-hybridized carbons (Fsp3) is 0.800. The van der Waals surface area contributed by atoms with Gasteiger partial charge in [-0.15, -0.1) is 0 Å². The summed E-state index contributed by atoms with van der Waals surface area (Å²) in [6.07, 6.45) is 2.32. The lowest BCUT2D eigenvalue weighted by molar-refractivity contribution is -0.120. The molecule has 1 saturated heterocycles. The number of urea groups is 1. The van der Waals surface area contributed by atoms with Crippen molar-refractivity contribution < 1.29 is 14.7 Å². The number of rotatable bonds is 4. The van der Waals surface area contributed by atoms with Crippen LogP contribution >= 0.6 is 0 Å². The molecule has 0 unspecified atom stereocenters. The van der Waals surface area contributed by atoms with Crippen LogP contribution in [0.2, 0.25) is 0 Å². The summed E-state index contributed by atoms with van der Waals surface area (Å²) in [6.45, 7) is 1.64. The Morgan fingerprint density at radius 1 is 1.50 bits per heavy atom. The number of likely N-dealkylation sites (tertiary alicyclic amines) is 1. The first kappa shape index (κ1) is 12.9. The van der Waals surface area contributed by atoms with Crippen molar-refractivity contribution in [3.63, 3.8) is 0 Å². The van der Waals surface area contributed by atoms with Gasteiger partial charge in [-0.2, -0.15) is 0 Å². The van der Waals surface area contributed by atoms with Crippen molar-refractivity contribution in [2.75, 3.05) is 26.7 Å². The van der Waals surface area contributed by atoms with Crippen LogP contribution in [0.15, 0.2) is 0 Å². The van der Waals surface area contributed by atoms with Gasteiger partial charge in [0.05, 0.1) is 6.61 Å². The first-order valence-electron chi connectivity index (χ1n) is 5.54. The van der Waals surface area contributed by atoms with Crippen molar-refractivity contribution in [1.82, 2.24) is 15.5 Å². The first-order valence-corrected chi connectivity index (χ1v) is 5.54. The molecule has 1 rings (SSSR count). The molecule has 92 valence electrons. The van der Waals surface area contributed by atoms with Crippen molar-refractivity contribution in [3.05, 3.63) is 0 Å². The number of nitrogens with zero attached hydrogens (tertiary/aromatic N) is 1. The lowest BCUT2D eigenvalue weighted by Gasteiger charge is -2.21. The van der Waals surface area contributed by atoms with Gasteiger partial charge in [-0.25, -0.2) is 4.79 Å². The maximum Gasteiger partial charge on any atom is 0.321 e. The molecule has 0 bridgehead atoms. The summed E-state index contributed by atoms with van der Waals surface area (Å²) >= 11 is 0. The van der Waals surface area contributed by atoms with E-state index in [-0.39, 0.29) is 25.0 Å². The van der Waals surface area contributed by atoms with Crippen LogP contribution in [0.3, 0.4) is 0 Å². The molecule has 0 aromatic carbocycles. The third-order valence-corrected chi connectivity index (χ3v) is 2.82. The Balaban J connectivity index is 2.23. The molecule has 6 heteroatoms. The van der Waals surface area contributed by atoms with E-state index in [0.29, 0.717) is 6.54 Å². The lowest BCUT2D eigenvalue weighted by Crippen LogP contribution is -2.40. The number of carbonyl (C=O) groups excluding carboxylic acids is 2. The minimum absolute atomic E-state index is 0.136. The zero-order chi connectivity index (χ0) is 12.0. The maximum absolute atomic E-state index is 11.3. The quantitative estimate of drug-likeness (QED) is 0.595. The fourth-order valence-electron chi connectivity index (χ4n) is 1.89. The first-order chi connectivity index (χ1) is 7.67.